The predicted molar refractivity (Wildman–Crippen MR) is 104 cm³/mol. The minimum atomic E-state index is 0.326. The molecule has 0 N–H and O–H groups in total. The molecular weight excluding hydrogens is 400 g/mol. The standard InChI is InChI=1S/C18H11Cl4N3/c19-13-6-3-7-14(20)17(13)12-5-2-1-4-11(12)8-24-25-18-15(21)9-23-10-16(18)22/h1-7,9-10H,8H2. The van der Waals surface area contributed by atoms with Crippen LogP contribution in [0.15, 0.2) is 65.1 Å². The van der Waals surface area contributed by atoms with E-state index in [0.29, 0.717) is 32.3 Å². The van der Waals surface area contributed by atoms with E-state index >= 15 is 0 Å². The first-order valence-corrected chi connectivity index (χ1v) is 8.78. The number of benzene rings is 2. The van der Waals surface area contributed by atoms with Crippen molar-refractivity contribution in [3.05, 3.63) is 80.5 Å². The number of aromatic nitrogens is 1. The highest BCUT2D eigenvalue weighted by atomic mass is 35.5. The normalized spacial score (nSPS) is 11.2. The Morgan fingerprint density at radius 1 is 0.760 bits per heavy atom. The molecule has 0 spiro atoms. The topological polar surface area (TPSA) is 37.6 Å². The monoisotopic (exact) mass is 409 g/mol. The van der Waals surface area contributed by atoms with Crippen LogP contribution in [0.4, 0.5) is 5.69 Å². The van der Waals surface area contributed by atoms with E-state index in [0.717, 1.165) is 16.7 Å². The predicted octanol–water partition coefficient (Wildman–Crippen LogP) is 7.65. The van der Waals surface area contributed by atoms with Gasteiger partial charge in [0.05, 0.1) is 16.6 Å². The molecule has 0 unspecified atom stereocenters. The van der Waals surface area contributed by atoms with Crippen molar-refractivity contribution in [3.8, 4) is 11.1 Å². The highest BCUT2D eigenvalue weighted by Gasteiger charge is 2.12. The summed E-state index contributed by atoms with van der Waals surface area (Å²) in [5.74, 6) is 0. The maximum Gasteiger partial charge on any atom is 0.126 e. The summed E-state index contributed by atoms with van der Waals surface area (Å²) >= 11 is 24.7. The largest absolute Gasteiger partial charge is 0.261 e. The molecule has 0 bridgehead atoms. The second-order valence-corrected chi connectivity index (χ2v) is 6.73. The van der Waals surface area contributed by atoms with Gasteiger partial charge in [-0.05, 0) is 23.3 Å². The van der Waals surface area contributed by atoms with E-state index in [2.05, 4.69) is 15.2 Å². The van der Waals surface area contributed by atoms with E-state index < -0.39 is 0 Å². The van der Waals surface area contributed by atoms with Gasteiger partial charge in [0, 0.05) is 28.0 Å². The highest BCUT2D eigenvalue weighted by molar-refractivity contribution is 6.39. The van der Waals surface area contributed by atoms with Gasteiger partial charge >= 0.3 is 0 Å². The molecule has 0 amide bonds. The van der Waals surface area contributed by atoms with E-state index in [1.807, 2.05) is 30.3 Å². The lowest BCUT2D eigenvalue weighted by atomic mass is 9.99. The number of azo groups is 1. The van der Waals surface area contributed by atoms with Crippen LogP contribution in [0, 0.1) is 0 Å². The second kappa shape index (κ2) is 8.15. The Morgan fingerprint density at radius 3 is 2.08 bits per heavy atom. The summed E-state index contributed by atoms with van der Waals surface area (Å²) < 4.78 is 0. The van der Waals surface area contributed by atoms with E-state index in [4.69, 9.17) is 46.4 Å². The van der Waals surface area contributed by atoms with Crippen molar-refractivity contribution in [2.45, 2.75) is 6.54 Å². The quantitative estimate of drug-likeness (QED) is 0.407. The molecule has 0 saturated carbocycles. The summed E-state index contributed by atoms with van der Waals surface area (Å²) in [6, 6.07) is 13.2. The lowest BCUT2D eigenvalue weighted by Crippen LogP contribution is -1.89. The Balaban J connectivity index is 1.94. The number of hydrogen-bond donors (Lipinski definition) is 0. The maximum atomic E-state index is 6.33. The first kappa shape index (κ1) is 18.2. The van der Waals surface area contributed by atoms with Crippen molar-refractivity contribution < 1.29 is 0 Å². The molecule has 126 valence electrons. The van der Waals surface area contributed by atoms with Crippen LogP contribution in [0.1, 0.15) is 5.56 Å². The summed E-state index contributed by atoms with van der Waals surface area (Å²) in [6.45, 7) is 0.326. The van der Waals surface area contributed by atoms with Crippen molar-refractivity contribution in [1.82, 2.24) is 4.98 Å². The van der Waals surface area contributed by atoms with Gasteiger partial charge in [0.25, 0.3) is 0 Å². The Morgan fingerprint density at radius 2 is 1.40 bits per heavy atom. The van der Waals surface area contributed by atoms with Gasteiger partial charge < -0.3 is 0 Å². The fourth-order valence-electron chi connectivity index (χ4n) is 2.34. The molecule has 0 aliphatic heterocycles. The minimum absolute atomic E-state index is 0.326. The van der Waals surface area contributed by atoms with Crippen molar-refractivity contribution in [1.29, 1.82) is 0 Å². The van der Waals surface area contributed by atoms with E-state index in [1.54, 1.807) is 12.1 Å². The summed E-state index contributed by atoms with van der Waals surface area (Å²) in [7, 11) is 0. The zero-order valence-electron chi connectivity index (χ0n) is 12.8. The van der Waals surface area contributed by atoms with Crippen LogP contribution in [0.5, 0.6) is 0 Å². The number of pyridine rings is 1. The third kappa shape index (κ3) is 4.13. The van der Waals surface area contributed by atoms with Crippen molar-refractivity contribution >= 4 is 52.1 Å². The Hall–Kier alpha value is -1.65. The molecular formula is C18H11Cl4N3. The van der Waals surface area contributed by atoms with Gasteiger partial charge in [0.15, 0.2) is 0 Å². The van der Waals surface area contributed by atoms with Crippen molar-refractivity contribution in [3.63, 3.8) is 0 Å². The Bertz CT molecular complexity index is 901. The maximum absolute atomic E-state index is 6.33. The molecule has 1 aromatic heterocycles. The summed E-state index contributed by atoms with van der Waals surface area (Å²) in [6.07, 6.45) is 2.94. The van der Waals surface area contributed by atoms with E-state index in [-0.39, 0.29) is 0 Å². The first-order chi connectivity index (χ1) is 12.1. The summed E-state index contributed by atoms with van der Waals surface area (Å²) in [5.41, 5.74) is 3.01. The Labute approximate surface area is 165 Å². The van der Waals surface area contributed by atoms with Crippen LogP contribution >= 0.6 is 46.4 Å². The highest BCUT2D eigenvalue weighted by Crippen LogP contribution is 2.37. The molecule has 7 heteroatoms. The lowest BCUT2D eigenvalue weighted by molar-refractivity contribution is 0.960. The fourth-order valence-corrected chi connectivity index (χ4v) is 3.38. The van der Waals surface area contributed by atoms with Gasteiger partial charge in [-0.3, -0.25) is 4.98 Å². The van der Waals surface area contributed by atoms with Crippen molar-refractivity contribution in [2.24, 2.45) is 10.2 Å². The average Bonchev–Trinajstić information content (AvgIpc) is 2.58. The third-order valence-electron chi connectivity index (χ3n) is 3.49. The summed E-state index contributed by atoms with van der Waals surface area (Å²) in [5, 5.41) is 10.2. The number of halogens is 4. The van der Waals surface area contributed by atoms with Crippen molar-refractivity contribution in [2.75, 3.05) is 0 Å². The molecule has 0 aliphatic carbocycles. The van der Waals surface area contributed by atoms with Gasteiger partial charge in [0.2, 0.25) is 0 Å². The van der Waals surface area contributed by atoms with Gasteiger partial charge in [0.1, 0.15) is 5.69 Å². The first-order valence-electron chi connectivity index (χ1n) is 7.26. The molecule has 3 aromatic rings. The van der Waals surface area contributed by atoms with Crippen LogP contribution in [-0.2, 0) is 6.54 Å². The fraction of sp³-hybridized carbons (Fsp3) is 0.0556. The molecule has 0 saturated heterocycles. The number of rotatable bonds is 4. The van der Waals surface area contributed by atoms with Crippen LogP contribution in [0.3, 0.4) is 0 Å². The van der Waals surface area contributed by atoms with Gasteiger partial charge in [-0.25, -0.2) is 0 Å². The second-order valence-electron chi connectivity index (χ2n) is 5.11. The van der Waals surface area contributed by atoms with Crippen LogP contribution in [0.2, 0.25) is 20.1 Å². The van der Waals surface area contributed by atoms with Gasteiger partial charge in [-0.15, -0.1) is 0 Å². The van der Waals surface area contributed by atoms with Crippen LogP contribution in [0.25, 0.3) is 11.1 Å². The van der Waals surface area contributed by atoms with E-state index in [9.17, 15) is 0 Å². The molecule has 3 nitrogen and oxygen atoms in total. The molecule has 0 radical (unpaired) electrons. The zero-order valence-corrected chi connectivity index (χ0v) is 15.8. The molecule has 3 rings (SSSR count). The number of hydrogen-bond acceptors (Lipinski definition) is 3. The molecule has 2 aromatic carbocycles. The Kier molecular flexibility index (Phi) is 5.92. The SMILES string of the molecule is Clc1cncc(Cl)c1N=NCc1ccccc1-c1c(Cl)cccc1Cl. The molecule has 0 fully saturated rings. The van der Waals surface area contributed by atoms with E-state index in [1.165, 1.54) is 12.4 Å². The zero-order chi connectivity index (χ0) is 17.8. The van der Waals surface area contributed by atoms with Crippen LogP contribution < -0.4 is 0 Å². The minimum Gasteiger partial charge on any atom is -0.261 e. The van der Waals surface area contributed by atoms with Gasteiger partial charge in [-0.1, -0.05) is 76.7 Å². The molecule has 0 atom stereocenters. The summed E-state index contributed by atoms with van der Waals surface area (Å²) in [4.78, 5) is 3.89. The molecule has 25 heavy (non-hydrogen) atoms. The van der Waals surface area contributed by atoms with Crippen LogP contribution in [-0.4, -0.2) is 4.98 Å². The third-order valence-corrected chi connectivity index (χ3v) is 4.67. The lowest BCUT2D eigenvalue weighted by Gasteiger charge is -2.11. The average molecular weight is 411 g/mol. The molecule has 0 aliphatic rings. The smallest absolute Gasteiger partial charge is 0.126 e. The number of nitrogens with zero attached hydrogens (tertiary/aromatic N) is 3. The van der Waals surface area contributed by atoms with Gasteiger partial charge in [-0.2, -0.15) is 10.2 Å². The molecule has 1 heterocycles.